The van der Waals surface area contributed by atoms with Crippen LogP contribution in [0.4, 0.5) is 0 Å². The quantitative estimate of drug-likeness (QED) is 0.610. The molecule has 0 aliphatic carbocycles. The molecule has 0 spiro atoms. The fourth-order valence-corrected chi connectivity index (χ4v) is 2.58. The molecule has 2 N–H and O–H groups in total. The Hall–Kier alpha value is -1.82. The Labute approximate surface area is 129 Å². The number of hydrogen-bond donors (Lipinski definition) is 2. The zero-order chi connectivity index (χ0) is 14.9. The van der Waals surface area contributed by atoms with E-state index in [9.17, 15) is 0 Å². The molecule has 5 nitrogen and oxygen atoms in total. The molecule has 0 aliphatic rings. The van der Waals surface area contributed by atoms with Crippen LogP contribution in [0.15, 0.2) is 33.2 Å². The Morgan fingerprint density at radius 2 is 2.29 bits per heavy atom. The average molecular weight is 306 g/mol. The normalized spacial score (nSPS) is 11.6. The van der Waals surface area contributed by atoms with Crippen molar-refractivity contribution in [3.63, 3.8) is 0 Å². The Morgan fingerprint density at radius 3 is 2.95 bits per heavy atom. The highest BCUT2D eigenvalue weighted by molar-refractivity contribution is 7.09. The second kappa shape index (κ2) is 8.46. The van der Waals surface area contributed by atoms with Crippen molar-refractivity contribution in [2.24, 2.45) is 4.99 Å². The number of aryl methyl sites for hydroxylation is 1. The van der Waals surface area contributed by atoms with Gasteiger partial charge >= 0.3 is 0 Å². The van der Waals surface area contributed by atoms with Gasteiger partial charge in [0.1, 0.15) is 5.76 Å². The standard InChI is InChI=1S/C15H22N4OS/c1-3-14-19-12(11-21-14)10-18-15(16-4-2)17-8-7-13-6-5-9-20-13/h5-6,9,11H,3-4,7-8,10H2,1-2H3,(H2,16,17,18). The highest BCUT2D eigenvalue weighted by atomic mass is 32.1. The fraction of sp³-hybridized carbons (Fsp3) is 0.467. The molecule has 21 heavy (non-hydrogen) atoms. The van der Waals surface area contributed by atoms with E-state index in [-0.39, 0.29) is 0 Å². The minimum absolute atomic E-state index is 0.604. The molecule has 6 heteroatoms. The predicted octanol–water partition coefficient (Wildman–Crippen LogP) is 2.60. The van der Waals surface area contributed by atoms with Gasteiger partial charge in [-0.2, -0.15) is 0 Å². The zero-order valence-electron chi connectivity index (χ0n) is 12.6. The van der Waals surface area contributed by atoms with Crippen LogP contribution in [0.25, 0.3) is 0 Å². The van der Waals surface area contributed by atoms with Gasteiger partial charge in [0.2, 0.25) is 0 Å². The van der Waals surface area contributed by atoms with E-state index >= 15 is 0 Å². The first-order valence-corrected chi connectivity index (χ1v) is 8.17. The lowest BCUT2D eigenvalue weighted by molar-refractivity contribution is 0.507. The maximum atomic E-state index is 5.31. The molecule has 0 bridgehead atoms. The molecule has 2 aromatic rings. The SMILES string of the molecule is CCNC(=NCc1csc(CC)n1)NCCc1ccco1. The monoisotopic (exact) mass is 306 g/mol. The minimum Gasteiger partial charge on any atom is -0.469 e. The van der Waals surface area contributed by atoms with Gasteiger partial charge in [0.05, 0.1) is 23.5 Å². The van der Waals surface area contributed by atoms with Crippen LogP contribution >= 0.6 is 11.3 Å². The Morgan fingerprint density at radius 1 is 1.38 bits per heavy atom. The maximum absolute atomic E-state index is 5.31. The fourth-order valence-electron chi connectivity index (χ4n) is 1.84. The lowest BCUT2D eigenvalue weighted by Gasteiger charge is -2.10. The molecule has 0 unspecified atom stereocenters. The van der Waals surface area contributed by atoms with Crippen molar-refractivity contribution >= 4 is 17.3 Å². The summed E-state index contributed by atoms with van der Waals surface area (Å²) >= 11 is 1.70. The van der Waals surface area contributed by atoms with Gasteiger partial charge in [-0.1, -0.05) is 6.92 Å². The molecular weight excluding hydrogens is 284 g/mol. The van der Waals surface area contributed by atoms with Gasteiger partial charge in [0.25, 0.3) is 0 Å². The number of hydrogen-bond acceptors (Lipinski definition) is 4. The van der Waals surface area contributed by atoms with Crippen LogP contribution in [-0.4, -0.2) is 24.0 Å². The van der Waals surface area contributed by atoms with E-state index < -0.39 is 0 Å². The van der Waals surface area contributed by atoms with Crippen LogP contribution in [-0.2, 0) is 19.4 Å². The Bertz CT molecular complexity index is 548. The van der Waals surface area contributed by atoms with Crippen molar-refractivity contribution in [3.8, 4) is 0 Å². The summed E-state index contributed by atoms with van der Waals surface area (Å²) in [5, 5.41) is 9.78. The highest BCUT2D eigenvalue weighted by Gasteiger charge is 2.02. The molecule has 0 aliphatic heterocycles. The Balaban J connectivity index is 1.83. The smallest absolute Gasteiger partial charge is 0.191 e. The summed E-state index contributed by atoms with van der Waals surface area (Å²) in [6, 6.07) is 3.88. The molecule has 0 fully saturated rings. The molecule has 0 aromatic carbocycles. The summed E-state index contributed by atoms with van der Waals surface area (Å²) in [7, 11) is 0. The number of aromatic nitrogens is 1. The molecule has 0 atom stereocenters. The lowest BCUT2D eigenvalue weighted by Crippen LogP contribution is -2.38. The molecule has 2 rings (SSSR count). The number of furan rings is 1. The molecule has 0 saturated heterocycles. The third-order valence-electron chi connectivity index (χ3n) is 2.89. The number of rotatable bonds is 7. The third-order valence-corrected chi connectivity index (χ3v) is 3.93. The highest BCUT2D eigenvalue weighted by Crippen LogP contribution is 2.10. The molecule has 114 valence electrons. The van der Waals surface area contributed by atoms with E-state index in [4.69, 9.17) is 4.42 Å². The minimum atomic E-state index is 0.604. The van der Waals surface area contributed by atoms with Gasteiger partial charge < -0.3 is 15.1 Å². The third kappa shape index (κ3) is 5.23. The number of nitrogens with one attached hydrogen (secondary N) is 2. The Kier molecular flexibility index (Phi) is 6.27. The summed E-state index contributed by atoms with van der Waals surface area (Å²) in [4.78, 5) is 9.08. The summed E-state index contributed by atoms with van der Waals surface area (Å²) in [6.45, 7) is 6.40. The number of guanidine groups is 1. The predicted molar refractivity (Wildman–Crippen MR) is 86.7 cm³/mol. The van der Waals surface area contributed by atoms with Crippen molar-refractivity contribution in [3.05, 3.63) is 40.2 Å². The molecule has 0 radical (unpaired) electrons. The van der Waals surface area contributed by atoms with Crippen molar-refractivity contribution in [2.75, 3.05) is 13.1 Å². The summed E-state index contributed by atoms with van der Waals surface area (Å²) < 4.78 is 5.31. The zero-order valence-corrected chi connectivity index (χ0v) is 13.4. The number of aliphatic imine (C=N–C) groups is 1. The van der Waals surface area contributed by atoms with Gasteiger partial charge in [-0.05, 0) is 25.5 Å². The molecule has 2 heterocycles. The lowest BCUT2D eigenvalue weighted by atomic mass is 10.3. The van der Waals surface area contributed by atoms with E-state index in [1.54, 1.807) is 17.6 Å². The van der Waals surface area contributed by atoms with E-state index in [1.165, 1.54) is 0 Å². The summed E-state index contributed by atoms with van der Waals surface area (Å²) in [6.07, 6.45) is 3.52. The summed E-state index contributed by atoms with van der Waals surface area (Å²) in [5.74, 6) is 1.79. The van der Waals surface area contributed by atoms with Gasteiger partial charge in [-0.15, -0.1) is 11.3 Å². The largest absolute Gasteiger partial charge is 0.469 e. The van der Waals surface area contributed by atoms with Gasteiger partial charge in [-0.3, -0.25) is 0 Å². The van der Waals surface area contributed by atoms with Crippen LogP contribution in [0.2, 0.25) is 0 Å². The molecule has 2 aromatic heterocycles. The van der Waals surface area contributed by atoms with E-state index in [0.717, 1.165) is 48.4 Å². The van der Waals surface area contributed by atoms with Crippen molar-refractivity contribution in [1.82, 2.24) is 15.6 Å². The average Bonchev–Trinajstić information content (AvgIpc) is 3.16. The van der Waals surface area contributed by atoms with Gasteiger partial charge in [-0.25, -0.2) is 9.98 Å². The number of nitrogens with zero attached hydrogens (tertiary/aromatic N) is 2. The van der Waals surface area contributed by atoms with Crippen LogP contribution in [0.1, 0.15) is 30.3 Å². The second-order valence-corrected chi connectivity index (χ2v) is 5.48. The second-order valence-electron chi connectivity index (χ2n) is 4.54. The van der Waals surface area contributed by atoms with Gasteiger partial charge in [0.15, 0.2) is 5.96 Å². The van der Waals surface area contributed by atoms with Crippen LogP contribution < -0.4 is 10.6 Å². The summed E-state index contributed by atoms with van der Waals surface area (Å²) in [5.41, 5.74) is 1.03. The first kappa shape index (κ1) is 15.6. The maximum Gasteiger partial charge on any atom is 0.191 e. The number of thiazole rings is 1. The molecule has 0 saturated carbocycles. The topological polar surface area (TPSA) is 62.5 Å². The van der Waals surface area contributed by atoms with E-state index in [1.807, 2.05) is 12.1 Å². The first-order valence-electron chi connectivity index (χ1n) is 7.29. The first-order chi connectivity index (χ1) is 10.3. The van der Waals surface area contributed by atoms with E-state index in [0.29, 0.717) is 6.54 Å². The van der Waals surface area contributed by atoms with Crippen molar-refractivity contribution in [2.45, 2.75) is 33.2 Å². The van der Waals surface area contributed by atoms with Crippen molar-refractivity contribution in [1.29, 1.82) is 0 Å². The van der Waals surface area contributed by atoms with Crippen molar-refractivity contribution < 1.29 is 4.42 Å². The van der Waals surface area contributed by atoms with Crippen LogP contribution in [0, 0.1) is 0 Å². The van der Waals surface area contributed by atoms with Gasteiger partial charge in [0, 0.05) is 24.9 Å². The van der Waals surface area contributed by atoms with Crippen LogP contribution in [0.5, 0.6) is 0 Å². The van der Waals surface area contributed by atoms with Crippen LogP contribution in [0.3, 0.4) is 0 Å². The molecular formula is C15H22N4OS. The molecule has 0 amide bonds. The van der Waals surface area contributed by atoms with E-state index in [2.05, 4.69) is 39.8 Å².